The molecule has 1 N–H and O–H groups in total. The number of alkyl carbamates (subject to hydrolysis) is 1. The van der Waals surface area contributed by atoms with Gasteiger partial charge in [0.15, 0.2) is 0 Å². The third-order valence-corrected chi connectivity index (χ3v) is 2.14. The van der Waals surface area contributed by atoms with Crippen LogP contribution < -0.4 is 5.32 Å². The Hall–Kier alpha value is -1.22. The van der Waals surface area contributed by atoms with Crippen molar-refractivity contribution < 1.29 is 9.53 Å². The Kier molecular flexibility index (Phi) is 3.77. The maximum Gasteiger partial charge on any atom is 0.407 e. The molecule has 0 bridgehead atoms. The third-order valence-electron chi connectivity index (χ3n) is 1.89. The quantitative estimate of drug-likeness (QED) is 0.821. The summed E-state index contributed by atoms with van der Waals surface area (Å²) in [6.07, 6.45) is -0.438. The highest BCUT2D eigenvalue weighted by molar-refractivity contribution is 6.30. The molecule has 0 heterocycles. The lowest BCUT2D eigenvalue weighted by Crippen LogP contribution is -2.26. The maximum absolute atomic E-state index is 10.9. The molecule has 1 aromatic rings. The standard InChI is InChI=1S/C10H12ClNO2/c1-7(12-10(13)14-2)8-3-5-9(11)6-4-8/h3-7H,1-2H3,(H,12,13). The highest BCUT2D eigenvalue weighted by Gasteiger charge is 2.08. The van der Waals surface area contributed by atoms with E-state index in [-0.39, 0.29) is 6.04 Å². The van der Waals surface area contributed by atoms with Crippen molar-refractivity contribution >= 4 is 17.7 Å². The number of rotatable bonds is 2. The minimum atomic E-state index is -0.438. The molecule has 1 unspecified atom stereocenters. The predicted molar refractivity (Wildman–Crippen MR) is 55.4 cm³/mol. The molecule has 1 aromatic carbocycles. The Labute approximate surface area is 88.0 Å². The van der Waals surface area contributed by atoms with Crippen molar-refractivity contribution in [1.29, 1.82) is 0 Å². The molecule has 0 fully saturated rings. The average molecular weight is 214 g/mol. The summed E-state index contributed by atoms with van der Waals surface area (Å²) in [5, 5.41) is 3.34. The van der Waals surface area contributed by atoms with E-state index in [0.29, 0.717) is 5.02 Å². The van der Waals surface area contributed by atoms with Gasteiger partial charge < -0.3 is 10.1 Å². The Bertz CT molecular complexity index is 310. The summed E-state index contributed by atoms with van der Waals surface area (Å²) < 4.78 is 4.49. The van der Waals surface area contributed by atoms with Gasteiger partial charge in [0.1, 0.15) is 0 Å². The van der Waals surface area contributed by atoms with Crippen LogP contribution in [0.25, 0.3) is 0 Å². The van der Waals surface area contributed by atoms with Crippen molar-refractivity contribution in [3.05, 3.63) is 34.9 Å². The molecule has 0 aliphatic rings. The fourth-order valence-corrected chi connectivity index (χ4v) is 1.20. The molecular weight excluding hydrogens is 202 g/mol. The smallest absolute Gasteiger partial charge is 0.407 e. The lowest BCUT2D eigenvalue weighted by atomic mass is 10.1. The SMILES string of the molecule is COC(=O)NC(C)c1ccc(Cl)cc1. The molecule has 0 aliphatic carbocycles. The highest BCUT2D eigenvalue weighted by atomic mass is 35.5. The number of hydrogen-bond donors (Lipinski definition) is 1. The minimum Gasteiger partial charge on any atom is -0.453 e. The van der Waals surface area contributed by atoms with Crippen LogP contribution in [0.15, 0.2) is 24.3 Å². The van der Waals surface area contributed by atoms with E-state index in [2.05, 4.69) is 10.1 Å². The van der Waals surface area contributed by atoms with Crippen LogP contribution in [0.2, 0.25) is 5.02 Å². The Morgan fingerprint density at radius 3 is 2.50 bits per heavy atom. The monoisotopic (exact) mass is 213 g/mol. The van der Waals surface area contributed by atoms with Crippen molar-refractivity contribution in [2.24, 2.45) is 0 Å². The number of benzene rings is 1. The number of amides is 1. The number of hydrogen-bond acceptors (Lipinski definition) is 2. The van der Waals surface area contributed by atoms with E-state index in [4.69, 9.17) is 11.6 Å². The lowest BCUT2D eigenvalue weighted by molar-refractivity contribution is 0.167. The Morgan fingerprint density at radius 2 is 2.00 bits per heavy atom. The van der Waals surface area contributed by atoms with Crippen LogP contribution in [0, 0.1) is 0 Å². The van der Waals surface area contributed by atoms with E-state index < -0.39 is 6.09 Å². The van der Waals surface area contributed by atoms with Gasteiger partial charge in [-0.05, 0) is 24.6 Å². The number of halogens is 1. The molecule has 0 spiro atoms. The first kappa shape index (κ1) is 10.9. The van der Waals surface area contributed by atoms with Crippen LogP contribution in [0.3, 0.4) is 0 Å². The normalized spacial score (nSPS) is 11.9. The first-order chi connectivity index (χ1) is 6.63. The summed E-state index contributed by atoms with van der Waals surface area (Å²) >= 11 is 5.74. The van der Waals surface area contributed by atoms with Gasteiger partial charge in [-0.1, -0.05) is 23.7 Å². The van der Waals surface area contributed by atoms with Crippen LogP contribution in [0.5, 0.6) is 0 Å². The number of carbonyl (C=O) groups is 1. The molecule has 0 aromatic heterocycles. The number of methoxy groups -OCH3 is 1. The molecule has 0 saturated heterocycles. The van der Waals surface area contributed by atoms with Gasteiger partial charge in [-0.25, -0.2) is 4.79 Å². The van der Waals surface area contributed by atoms with Crippen molar-refractivity contribution in [3.8, 4) is 0 Å². The Balaban J connectivity index is 2.65. The number of carbonyl (C=O) groups excluding carboxylic acids is 1. The molecule has 1 amide bonds. The largest absolute Gasteiger partial charge is 0.453 e. The summed E-state index contributed by atoms with van der Waals surface area (Å²) in [6, 6.07) is 7.21. The zero-order chi connectivity index (χ0) is 10.6. The fourth-order valence-electron chi connectivity index (χ4n) is 1.07. The van der Waals surface area contributed by atoms with Crippen LogP contribution in [-0.2, 0) is 4.74 Å². The molecule has 14 heavy (non-hydrogen) atoms. The zero-order valence-corrected chi connectivity index (χ0v) is 8.84. The topological polar surface area (TPSA) is 38.3 Å². The maximum atomic E-state index is 10.9. The first-order valence-corrected chi connectivity index (χ1v) is 4.61. The predicted octanol–water partition coefficient (Wildman–Crippen LogP) is 2.76. The second-order valence-corrected chi connectivity index (χ2v) is 3.35. The van der Waals surface area contributed by atoms with E-state index in [1.165, 1.54) is 7.11 Å². The Morgan fingerprint density at radius 1 is 1.43 bits per heavy atom. The summed E-state index contributed by atoms with van der Waals surface area (Å²) in [5.41, 5.74) is 0.986. The van der Waals surface area contributed by atoms with Crippen molar-refractivity contribution in [1.82, 2.24) is 5.32 Å². The highest BCUT2D eigenvalue weighted by Crippen LogP contribution is 2.15. The number of ether oxygens (including phenoxy) is 1. The molecule has 3 nitrogen and oxygen atoms in total. The van der Waals surface area contributed by atoms with E-state index in [1.54, 1.807) is 12.1 Å². The van der Waals surface area contributed by atoms with Gasteiger partial charge in [-0.15, -0.1) is 0 Å². The van der Waals surface area contributed by atoms with Gasteiger partial charge in [0, 0.05) is 5.02 Å². The summed E-state index contributed by atoms with van der Waals surface area (Å²) in [5.74, 6) is 0. The molecule has 0 saturated carbocycles. The summed E-state index contributed by atoms with van der Waals surface area (Å²) in [4.78, 5) is 10.9. The minimum absolute atomic E-state index is 0.0836. The van der Waals surface area contributed by atoms with Gasteiger partial charge >= 0.3 is 6.09 Å². The average Bonchev–Trinajstić information content (AvgIpc) is 2.18. The molecule has 4 heteroatoms. The van der Waals surface area contributed by atoms with E-state index >= 15 is 0 Å². The zero-order valence-electron chi connectivity index (χ0n) is 8.08. The molecule has 1 rings (SSSR count). The molecule has 1 atom stereocenters. The first-order valence-electron chi connectivity index (χ1n) is 4.23. The van der Waals surface area contributed by atoms with Gasteiger partial charge in [0.05, 0.1) is 13.2 Å². The van der Waals surface area contributed by atoms with Gasteiger partial charge in [0.25, 0.3) is 0 Å². The van der Waals surface area contributed by atoms with E-state index in [1.807, 2.05) is 19.1 Å². The van der Waals surface area contributed by atoms with Gasteiger partial charge in [-0.2, -0.15) is 0 Å². The molecule has 76 valence electrons. The van der Waals surface area contributed by atoms with Crippen molar-refractivity contribution in [2.75, 3.05) is 7.11 Å². The van der Waals surface area contributed by atoms with Crippen LogP contribution >= 0.6 is 11.6 Å². The molecule has 0 radical (unpaired) electrons. The van der Waals surface area contributed by atoms with Gasteiger partial charge in [0.2, 0.25) is 0 Å². The molecular formula is C10H12ClNO2. The second kappa shape index (κ2) is 4.86. The van der Waals surface area contributed by atoms with E-state index in [9.17, 15) is 4.79 Å². The van der Waals surface area contributed by atoms with Crippen molar-refractivity contribution in [2.45, 2.75) is 13.0 Å². The summed E-state index contributed by atoms with van der Waals surface area (Å²) in [6.45, 7) is 1.88. The van der Waals surface area contributed by atoms with Crippen molar-refractivity contribution in [3.63, 3.8) is 0 Å². The van der Waals surface area contributed by atoms with E-state index in [0.717, 1.165) is 5.56 Å². The van der Waals surface area contributed by atoms with Gasteiger partial charge in [-0.3, -0.25) is 0 Å². The lowest BCUT2D eigenvalue weighted by Gasteiger charge is -2.12. The molecule has 0 aliphatic heterocycles. The second-order valence-electron chi connectivity index (χ2n) is 2.91. The van der Waals surface area contributed by atoms with Crippen LogP contribution in [0.1, 0.15) is 18.5 Å². The fraction of sp³-hybridized carbons (Fsp3) is 0.300. The number of nitrogens with one attached hydrogen (secondary N) is 1. The van der Waals surface area contributed by atoms with Crippen LogP contribution in [-0.4, -0.2) is 13.2 Å². The summed E-state index contributed by atoms with van der Waals surface area (Å²) in [7, 11) is 1.34. The third kappa shape index (κ3) is 2.92. The van der Waals surface area contributed by atoms with Crippen LogP contribution in [0.4, 0.5) is 4.79 Å².